The van der Waals surface area contributed by atoms with Crippen LogP contribution in [0, 0.1) is 0 Å². The van der Waals surface area contributed by atoms with Crippen molar-refractivity contribution < 1.29 is 4.74 Å². The van der Waals surface area contributed by atoms with Gasteiger partial charge >= 0.3 is 0 Å². The van der Waals surface area contributed by atoms with E-state index >= 15 is 0 Å². The third kappa shape index (κ3) is 1.09. The summed E-state index contributed by atoms with van der Waals surface area (Å²) in [6, 6.07) is 6.34. The zero-order chi connectivity index (χ0) is 8.55. The lowest BCUT2D eigenvalue weighted by Crippen LogP contribution is -2.05. The molecule has 2 rings (SSSR count). The summed E-state index contributed by atoms with van der Waals surface area (Å²) in [6.45, 7) is 4.32. The maximum atomic E-state index is 5.65. The molecule has 0 bridgehead atoms. The molecule has 1 aromatic rings. The van der Waals surface area contributed by atoms with Crippen molar-refractivity contribution in [1.29, 1.82) is 0 Å². The number of benzene rings is 1. The molecule has 1 atom stereocenters. The average Bonchev–Trinajstić information content (AvgIpc) is 2.44. The van der Waals surface area contributed by atoms with Gasteiger partial charge in [-0.25, -0.2) is 0 Å². The summed E-state index contributed by atoms with van der Waals surface area (Å²) in [4.78, 5) is 0. The van der Waals surface area contributed by atoms with Gasteiger partial charge in [-0.2, -0.15) is 0 Å². The molecular formula is C11H14O. The van der Waals surface area contributed by atoms with Crippen LogP contribution in [0.4, 0.5) is 0 Å². The zero-order valence-corrected chi connectivity index (χ0v) is 7.63. The summed E-state index contributed by atoms with van der Waals surface area (Å²) in [7, 11) is 0. The highest BCUT2D eigenvalue weighted by Gasteiger charge is 2.20. The molecule has 0 saturated carbocycles. The van der Waals surface area contributed by atoms with Crippen LogP contribution in [0.25, 0.3) is 0 Å². The van der Waals surface area contributed by atoms with Crippen molar-refractivity contribution in [2.45, 2.75) is 32.8 Å². The van der Waals surface area contributed by atoms with Crippen LogP contribution in [0.2, 0.25) is 0 Å². The third-order valence-corrected chi connectivity index (χ3v) is 2.43. The smallest absolute Gasteiger partial charge is 0.123 e. The lowest BCUT2D eigenvalue weighted by atomic mass is 10.0. The molecule has 1 aliphatic rings. The number of aryl methyl sites for hydroxylation is 1. The van der Waals surface area contributed by atoms with E-state index in [2.05, 4.69) is 32.0 Å². The quantitative estimate of drug-likeness (QED) is 0.616. The van der Waals surface area contributed by atoms with Crippen molar-refractivity contribution >= 4 is 0 Å². The predicted octanol–water partition coefficient (Wildman–Crippen LogP) is 2.57. The lowest BCUT2D eigenvalue weighted by molar-refractivity contribution is 0.254. The van der Waals surface area contributed by atoms with Gasteiger partial charge in [0.25, 0.3) is 0 Å². The third-order valence-electron chi connectivity index (χ3n) is 2.43. The minimum absolute atomic E-state index is 0.368. The summed E-state index contributed by atoms with van der Waals surface area (Å²) < 4.78 is 5.65. The SMILES string of the molecule is CCc1cccc2c1CC(C)O2. The van der Waals surface area contributed by atoms with Crippen LogP contribution in [0.15, 0.2) is 18.2 Å². The molecule has 64 valence electrons. The van der Waals surface area contributed by atoms with Gasteiger partial charge in [-0.05, 0) is 25.0 Å². The van der Waals surface area contributed by atoms with Crippen LogP contribution >= 0.6 is 0 Å². The van der Waals surface area contributed by atoms with Crippen molar-refractivity contribution in [3.8, 4) is 5.75 Å². The Morgan fingerprint density at radius 3 is 3.08 bits per heavy atom. The normalized spacial score (nSPS) is 20.3. The molecular weight excluding hydrogens is 148 g/mol. The Balaban J connectivity index is 2.44. The number of fused-ring (bicyclic) bond motifs is 1. The minimum atomic E-state index is 0.368. The summed E-state index contributed by atoms with van der Waals surface area (Å²) in [6.07, 6.45) is 2.56. The molecule has 1 aromatic carbocycles. The second-order valence-corrected chi connectivity index (χ2v) is 3.38. The first-order valence-corrected chi connectivity index (χ1v) is 4.58. The molecule has 0 amide bonds. The Morgan fingerprint density at radius 2 is 2.33 bits per heavy atom. The fourth-order valence-corrected chi connectivity index (χ4v) is 1.83. The van der Waals surface area contributed by atoms with E-state index in [0.29, 0.717) is 6.10 Å². The number of ether oxygens (including phenoxy) is 1. The Labute approximate surface area is 73.4 Å². The minimum Gasteiger partial charge on any atom is -0.490 e. The van der Waals surface area contributed by atoms with E-state index in [9.17, 15) is 0 Å². The molecule has 0 radical (unpaired) electrons. The van der Waals surface area contributed by atoms with Gasteiger partial charge in [0, 0.05) is 12.0 Å². The summed E-state index contributed by atoms with van der Waals surface area (Å²) in [5, 5.41) is 0. The molecule has 0 spiro atoms. The fraction of sp³-hybridized carbons (Fsp3) is 0.455. The van der Waals surface area contributed by atoms with Crippen molar-refractivity contribution in [1.82, 2.24) is 0 Å². The maximum absolute atomic E-state index is 5.65. The highest BCUT2D eigenvalue weighted by atomic mass is 16.5. The van der Waals surface area contributed by atoms with E-state index in [-0.39, 0.29) is 0 Å². The molecule has 0 aliphatic carbocycles. The first kappa shape index (κ1) is 7.66. The monoisotopic (exact) mass is 162 g/mol. The van der Waals surface area contributed by atoms with Crippen LogP contribution in [-0.2, 0) is 12.8 Å². The molecule has 0 fully saturated rings. The van der Waals surface area contributed by atoms with Gasteiger partial charge in [0.05, 0.1) is 0 Å². The van der Waals surface area contributed by atoms with Crippen LogP contribution in [0.5, 0.6) is 5.75 Å². The van der Waals surface area contributed by atoms with Gasteiger partial charge in [-0.3, -0.25) is 0 Å². The van der Waals surface area contributed by atoms with Gasteiger partial charge in [-0.1, -0.05) is 19.1 Å². The fourth-order valence-electron chi connectivity index (χ4n) is 1.83. The molecule has 1 nitrogen and oxygen atoms in total. The van der Waals surface area contributed by atoms with E-state index in [1.165, 1.54) is 11.1 Å². The first-order chi connectivity index (χ1) is 5.81. The molecule has 0 saturated heterocycles. The first-order valence-electron chi connectivity index (χ1n) is 4.58. The van der Waals surface area contributed by atoms with Crippen molar-refractivity contribution in [3.05, 3.63) is 29.3 Å². The molecule has 12 heavy (non-hydrogen) atoms. The Morgan fingerprint density at radius 1 is 1.50 bits per heavy atom. The van der Waals surface area contributed by atoms with E-state index in [0.717, 1.165) is 18.6 Å². The van der Waals surface area contributed by atoms with Gasteiger partial charge in [-0.15, -0.1) is 0 Å². The number of hydrogen-bond acceptors (Lipinski definition) is 1. The zero-order valence-electron chi connectivity index (χ0n) is 7.63. The van der Waals surface area contributed by atoms with Crippen LogP contribution in [0.3, 0.4) is 0 Å². The standard InChI is InChI=1S/C11H14O/c1-3-9-5-4-6-11-10(9)7-8(2)12-11/h4-6,8H,3,7H2,1-2H3. The molecule has 0 aromatic heterocycles. The van der Waals surface area contributed by atoms with Crippen molar-refractivity contribution in [3.63, 3.8) is 0 Å². The molecule has 1 unspecified atom stereocenters. The Hall–Kier alpha value is -0.980. The lowest BCUT2D eigenvalue weighted by Gasteiger charge is -2.02. The summed E-state index contributed by atoms with van der Waals surface area (Å²) in [5.41, 5.74) is 2.87. The van der Waals surface area contributed by atoms with Gasteiger partial charge in [0.2, 0.25) is 0 Å². The molecule has 1 heteroatoms. The van der Waals surface area contributed by atoms with Gasteiger partial charge in [0.15, 0.2) is 0 Å². The van der Waals surface area contributed by atoms with Crippen LogP contribution in [-0.4, -0.2) is 6.10 Å². The van der Waals surface area contributed by atoms with Gasteiger partial charge in [0.1, 0.15) is 11.9 Å². The van der Waals surface area contributed by atoms with E-state index in [4.69, 9.17) is 4.74 Å². The topological polar surface area (TPSA) is 9.23 Å². The number of hydrogen-bond donors (Lipinski definition) is 0. The largest absolute Gasteiger partial charge is 0.490 e. The van der Waals surface area contributed by atoms with E-state index < -0.39 is 0 Å². The molecule has 0 N–H and O–H groups in total. The summed E-state index contributed by atoms with van der Waals surface area (Å²) >= 11 is 0. The van der Waals surface area contributed by atoms with Crippen LogP contribution in [0.1, 0.15) is 25.0 Å². The highest BCUT2D eigenvalue weighted by molar-refractivity contribution is 5.43. The molecule has 1 heterocycles. The second-order valence-electron chi connectivity index (χ2n) is 3.38. The Kier molecular flexibility index (Phi) is 1.80. The van der Waals surface area contributed by atoms with Crippen molar-refractivity contribution in [2.24, 2.45) is 0 Å². The average molecular weight is 162 g/mol. The van der Waals surface area contributed by atoms with Crippen molar-refractivity contribution in [2.75, 3.05) is 0 Å². The number of rotatable bonds is 1. The van der Waals surface area contributed by atoms with Crippen LogP contribution < -0.4 is 4.74 Å². The Bertz CT molecular complexity index is 291. The van der Waals surface area contributed by atoms with E-state index in [1.807, 2.05) is 0 Å². The molecule has 1 aliphatic heterocycles. The second kappa shape index (κ2) is 2.81. The highest BCUT2D eigenvalue weighted by Crippen LogP contribution is 2.31. The predicted molar refractivity (Wildman–Crippen MR) is 49.6 cm³/mol. The van der Waals surface area contributed by atoms with Gasteiger partial charge < -0.3 is 4.74 Å². The summed E-state index contributed by atoms with van der Waals surface area (Å²) in [5.74, 6) is 1.10. The van der Waals surface area contributed by atoms with E-state index in [1.54, 1.807) is 0 Å². The maximum Gasteiger partial charge on any atom is 0.123 e.